The Balaban J connectivity index is 4.43. The van der Waals surface area contributed by atoms with E-state index in [1.54, 1.807) is 0 Å². The van der Waals surface area contributed by atoms with Crippen LogP contribution in [-0.2, 0) is 9.59 Å². The molecular weight excluding hydrogens is 230 g/mol. The fraction of sp³-hybridized carbons (Fsp3) is 0.667. The first-order valence-corrected chi connectivity index (χ1v) is 4.93. The standard InChI is InChI=1S/C9H17N3O5/c1-9(2,7(10)16)12-8(17)11-5(3-4-13)6(14)15/h5,13H,3-4H2,1-2H3,(H2,10,16)(H,14,15)(H2,11,12,17)/t5-/m0/s1. The highest BCUT2D eigenvalue weighted by molar-refractivity contribution is 5.90. The summed E-state index contributed by atoms with van der Waals surface area (Å²) in [5.74, 6) is -2.02. The molecule has 0 radical (unpaired) electrons. The number of aliphatic hydroxyl groups excluding tert-OH is 1. The Hall–Kier alpha value is -1.83. The Morgan fingerprint density at radius 2 is 1.88 bits per heavy atom. The van der Waals surface area contributed by atoms with Crippen molar-refractivity contribution in [2.24, 2.45) is 5.73 Å². The third-order valence-electron chi connectivity index (χ3n) is 2.06. The van der Waals surface area contributed by atoms with Gasteiger partial charge in [-0.25, -0.2) is 9.59 Å². The zero-order valence-corrected chi connectivity index (χ0v) is 9.69. The van der Waals surface area contributed by atoms with Crippen molar-refractivity contribution in [3.63, 3.8) is 0 Å². The molecule has 6 N–H and O–H groups in total. The summed E-state index contributed by atoms with van der Waals surface area (Å²) in [4.78, 5) is 33.0. The molecule has 0 heterocycles. The molecule has 98 valence electrons. The van der Waals surface area contributed by atoms with Gasteiger partial charge in [0.25, 0.3) is 0 Å². The lowest BCUT2D eigenvalue weighted by Gasteiger charge is -2.23. The second kappa shape index (κ2) is 6.04. The molecule has 17 heavy (non-hydrogen) atoms. The van der Waals surface area contributed by atoms with Crippen LogP contribution in [0.5, 0.6) is 0 Å². The van der Waals surface area contributed by atoms with Gasteiger partial charge in [0.15, 0.2) is 0 Å². The van der Waals surface area contributed by atoms with Crippen LogP contribution in [0.25, 0.3) is 0 Å². The van der Waals surface area contributed by atoms with Gasteiger partial charge in [-0.05, 0) is 13.8 Å². The monoisotopic (exact) mass is 247 g/mol. The molecule has 0 aliphatic heterocycles. The van der Waals surface area contributed by atoms with E-state index in [-0.39, 0.29) is 13.0 Å². The van der Waals surface area contributed by atoms with Crippen LogP contribution < -0.4 is 16.4 Å². The van der Waals surface area contributed by atoms with Crippen LogP contribution in [0.4, 0.5) is 4.79 Å². The van der Waals surface area contributed by atoms with Gasteiger partial charge < -0.3 is 26.6 Å². The van der Waals surface area contributed by atoms with Gasteiger partial charge in [-0.2, -0.15) is 0 Å². The molecule has 0 unspecified atom stereocenters. The highest BCUT2D eigenvalue weighted by atomic mass is 16.4. The highest BCUT2D eigenvalue weighted by Crippen LogP contribution is 2.00. The van der Waals surface area contributed by atoms with Gasteiger partial charge in [-0.1, -0.05) is 0 Å². The van der Waals surface area contributed by atoms with Crippen LogP contribution >= 0.6 is 0 Å². The van der Waals surface area contributed by atoms with Gasteiger partial charge in [-0.15, -0.1) is 0 Å². The maximum Gasteiger partial charge on any atom is 0.326 e. The van der Waals surface area contributed by atoms with Gasteiger partial charge in [0, 0.05) is 13.0 Å². The van der Waals surface area contributed by atoms with Gasteiger partial charge in [0.1, 0.15) is 11.6 Å². The minimum Gasteiger partial charge on any atom is -0.480 e. The van der Waals surface area contributed by atoms with Gasteiger partial charge >= 0.3 is 12.0 Å². The van der Waals surface area contributed by atoms with Crippen LogP contribution in [0, 0.1) is 0 Å². The molecule has 1 atom stereocenters. The second-order valence-corrected chi connectivity index (χ2v) is 3.99. The summed E-state index contributed by atoms with van der Waals surface area (Å²) >= 11 is 0. The van der Waals surface area contributed by atoms with Crippen LogP contribution in [-0.4, -0.2) is 46.3 Å². The summed E-state index contributed by atoms with van der Waals surface area (Å²) in [6.07, 6.45) is -0.125. The van der Waals surface area contributed by atoms with Crippen molar-refractivity contribution in [3.8, 4) is 0 Å². The number of aliphatic carboxylic acids is 1. The van der Waals surface area contributed by atoms with E-state index >= 15 is 0 Å². The number of carboxylic acid groups (broad SMARTS) is 1. The summed E-state index contributed by atoms with van der Waals surface area (Å²) < 4.78 is 0. The number of primary amides is 1. The molecule has 0 aliphatic rings. The van der Waals surface area contributed by atoms with E-state index < -0.39 is 29.5 Å². The lowest BCUT2D eigenvalue weighted by molar-refractivity contribution is -0.139. The van der Waals surface area contributed by atoms with Crippen LogP contribution in [0.15, 0.2) is 0 Å². The zero-order valence-electron chi connectivity index (χ0n) is 9.69. The number of urea groups is 1. The normalized spacial score (nSPS) is 12.6. The molecule has 0 saturated heterocycles. The molecule has 0 aromatic heterocycles. The molecule has 0 rings (SSSR count). The van der Waals surface area contributed by atoms with E-state index in [0.717, 1.165) is 0 Å². The average Bonchev–Trinajstić information content (AvgIpc) is 2.15. The van der Waals surface area contributed by atoms with Crippen molar-refractivity contribution in [2.75, 3.05) is 6.61 Å². The summed E-state index contributed by atoms with van der Waals surface area (Å²) in [5.41, 5.74) is 3.74. The topological polar surface area (TPSA) is 142 Å². The van der Waals surface area contributed by atoms with Crippen LogP contribution in [0.3, 0.4) is 0 Å². The third-order valence-corrected chi connectivity index (χ3v) is 2.06. The second-order valence-electron chi connectivity index (χ2n) is 3.99. The number of carbonyl (C=O) groups is 3. The molecule has 0 fully saturated rings. The van der Waals surface area contributed by atoms with Crippen molar-refractivity contribution >= 4 is 17.9 Å². The molecule has 8 heteroatoms. The Kier molecular flexibility index (Phi) is 5.39. The largest absolute Gasteiger partial charge is 0.480 e. The number of nitrogens with one attached hydrogen (secondary N) is 2. The molecule has 0 aliphatic carbocycles. The SMILES string of the molecule is CC(C)(NC(=O)N[C@@H](CCO)C(=O)O)C(N)=O. The van der Waals surface area contributed by atoms with E-state index in [0.29, 0.717) is 0 Å². The van der Waals surface area contributed by atoms with Crippen molar-refractivity contribution < 1.29 is 24.6 Å². The number of hydrogen-bond acceptors (Lipinski definition) is 4. The van der Waals surface area contributed by atoms with E-state index in [4.69, 9.17) is 15.9 Å². The number of rotatable bonds is 6. The smallest absolute Gasteiger partial charge is 0.326 e. The number of carbonyl (C=O) groups excluding carboxylic acids is 2. The van der Waals surface area contributed by atoms with Crippen molar-refractivity contribution in [1.82, 2.24) is 10.6 Å². The number of carboxylic acids is 1. The molecule has 0 saturated carbocycles. The minimum absolute atomic E-state index is 0.125. The van der Waals surface area contributed by atoms with Gasteiger partial charge in [0.2, 0.25) is 5.91 Å². The van der Waals surface area contributed by atoms with E-state index in [2.05, 4.69) is 10.6 Å². The van der Waals surface area contributed by atoms with Crippen LogP contribution in [0.2, 0.25) is 0 Å². The molecule has 3 amide bonds. The third kappa shape index (κ3) is 5.16. The molecule has 0 aromatic rings. The lowest BCUT2D eigenvalue weighted by atomic mass is 10.1. The minimum atomic E-state index is -1.29. The van der Waals surface area contributed by atoms with Gasteiger partial charge in [0.05, 0.1) is 0 Å². The first-order chi connectivity index (χ1) is 7.70. The predicted octanol–water partition coefficient (Wildman–Crippen LogP) is -1.61. The van der Waals surface area contributed by atoms with E-state index in [1.807, 2.05) is 0 Å². The van der Waals surface area contributed by atoms with Crippen molar-refractivity contribution in [1.29, 1.82) is 0 Å². The lowest BCUT2D eigenvalue weighted by Crippen LogP contribution is -2.58. The zero-order chi connectivity index (χ0) is 13.6. The maximum absolute atomic E-state index is 11.4. The van der Waals surface area contributed by atoms with Crippen molar-refractivity contribution in [3.05, 3.63) is 0 Å². The maximum atomic E-state index is 11.4. The van der Waals surface area contributed by atoms with Crippen molar-refractivity contribution in [2.45, 2.75) is 31.8 Å². The Morgan fingerprint density at radius 1 is 1.35 bits per heavy atom. The summed E-state index contributed by atoms with van der Waals surface area (Å²) in [7, 11) is 0. The molecule has 0 aromatic carbocycles. The molecular formula is C9H17N3O5. The Labute approximate surface area is 98.2 Å². The van der Waals surface area contributed by atoms with Gasteiger partial charge in [-0.3, -0.25) is 4.79 Å². The molecule has 0 bridgehead atoms. The molecule has 8 nitrogen and oxygen atoms in total. The fourth-order valence-corrected chi connectivity index (χ4v) is 0.926. The number of amides is 3. The summed E-state index contributed by atoms with van der Waals surface area (Å²) in [5, 5.41) is 21.7. The van der Waals surface area contributed by atoms with Crippen LogP contribution in [0.1, 0.15) is 20.3 Å². The summed E-state index contributed by atoms with van der Waals surface area (Å²) in [6, 6.07) is -2.06. The Morgan fingerprint density at radius 3 is 2.24 bits per heavy atom. The first-order valence-electron chi connectivity index (χ1n) is 4.93. The first kappa shape index (κ1) is 15.2. The predicted molar refractivity (Wildman–Crippen MR) is 58.1 cm³/mol. The Bertz CT molecular complexity index is 316. The highest BCUT2D eigenvalue weighted by Gasteiger charge is 2.28. The van der Waals surface area contributed by atoms with E-state index in [1.165, 1.54) is 13.8 Å². The quantitative estimate of drug-likeness (QED) is 0.383. The number of nitrogens with two attached hydrogens (primary N) is 1. The number of aliphatic hydroxyl groups is 1. The fourth-order valence-electron chi connectivity index (χ4n) is 0.926. The van der Waals surface area contributed by atoms with E-state index in [9.17, 15) is 14.4 Å². The summed E-state index contributed by atoms with van der Waals surface area (Å²) in [6.45, 7) is 2.39. The number of hydrogen-bond donors (Lipinski definition) is 5. The average molecular weight is 247 g/mol. The molecule has 0 spiro atoms.